The molecule has 3 aliphatic rings. The van der Waals surface area contributed by atoms with Crippen molar-refractivity contribution in [2.45, 2.75) is 49.5 Å². The number of halogens is 1. The zero-order valence-corrected chi connectivity index (χ0v) is 22.9. The molecule has 7 rings (SSSR count). The predicted octanol–water partition coefficient (Wildman–Crippen LogP) is -0.493. The maximum absolute atomic E-state index is 15.8. The molecule has 0 bridgehead atoms. The molecule has 7 heterocycles. The van der Waals surface area contributed by atoms with Crippen molar-refractivity contribution in [3.63, 3.8) is 0 Å². The molecule has 3 fully saturated rings. The Bertz CT molecular complexity index is 1810. The smallest absolute Gasteiger partial charge is 0.382 e. The van der Waals surface area contributed by atoms with Gasteiger partial charge in [0.15, 0.2) is 29.5 Å². The summed E-state index contributed by atoms with van der Waals surface area (Å²) < 4.78 is 87.1. The second kappa shape index (κ2) is 10.2. The van der Waals surface area contributed by atoms with Crippen LogP contribution >= 0.6 is 7.82 Å². The third-order valence-electron chi connectivity index (χ3n) is 7.03. The van der Waals surface area contributed by atoms with Gasteiger partial charge >= 0.3 is 18.1 Å². The van der Waals surface area contributed by atoms with Gasteiger partial charge in [-0.05, 0) is 0 Å². The van der Waals surface area contributed by atoms with Gasteiger partial charge in [-0.3, -0.25) is 22.4 Å². The second-order valence-corrected chi connectivity index (χ2v) is 12.4. The van der Waals surface area contributed by atoms with Crippen molar-refractivity contribution in [2.24, 2.45) is 0 Å². The van der Waals surface area contributed by atoms with Crippen LogP contribution in [0.5, 0.6) is 0 Å². The quantitative estimate of drug-likeness (QED) is 0.237. The molecular formula is C20H22FN10O9PS. The molecule has 3 aliphatic heterocycles. The van der Waals surface area contributed by atoms with Gasteiger partial charge in [-0.2, -0.15) is 13.1 Å². The molecule has 0 aliphatic carbocycles. The van der Waals surface area contributed by atoms with Gasteiger partial charge in [0, 0.05) is 13.0 Å². The average Bonchev–Trinajstić information content (AvgIpc) is 3.72. The number of nitrogens with zero attached hydrogens (tertiary/aromatic N) is 8. The summed E-state index contributed by atoms with van der Waals surface area (Å²) in [5, 5.41) is 0. The van der Waals surface area contributed by atoms with Crippen molar-refractivity contribution in [2.75, 3.05) is 18.9 Å². The van der Waals surface area contributed by atoms with Crippen LogP contribution in [0.15, 0.2) is 31.5 Å². The summed E-state index contributed by atoms with van der Waals surface area (Å²) in [4.78, 5) is 34.7. The lowest BCUT2D eigenvalue weighted by Crippen LogP contribution is -2.43. The zero-order valence-electron chi connectivity index (χ0n) is 21.2. The van der Waals surface area contributed by atoms with Gasteiger partial charge in [0.2, 0.25) is 0 Å². The number of fused-ring (bicyclic) bond motifs is 4. The molecule has 1 unspecified atom stereocenters. The number of aromatic nitrogens is 8. The highest BCUT2D eigenvalue weighted by Gasteiger charge is 2.52. The summed E-state index contributed by atoms with van der Waals surface area (Å²) in [6, 6.07) is 0. The number of nitrogen functional groups attached to an aromatic ring is 1. The largest absolute Gasteiger partial charge is 0.472 e. The Balaban J connectivity index is 1.15. The summed E-state index contributed by atoms with van der Waals surface area (Å²) >= 11 is 0. The van der Waals surface area contributed by atoms with Gasteiger partial charge in [0.25, 0.3) is 0 Å². The van der Waals surface area contributed by atoms with Crippen LogP contribution in [0.25, 0.3) is 22.3 Å². The number of hydrogen-bond donors (Lipinski definition) is 3. The van der Waals surface area contributed by atoms with E-state index >= 15 is 4.39 Å². The summed E-state index contributed by atoms with van der Waals surface area (Å²) in [6.45, 7) is -1.22. The van der Waals surface area contributed by atoms with Crippen LogP contribution in [-0.4, -0.2) is 96.1 Å². The number of ether oxygens (including phenoxy) is 2. The second-order valence-electron chi connectivity index (χ2n) is 9.61. The van der Waals surface area contributed by atoms with E-state index in [1.54, 1.807) is 4.57 Å². The molecule has 224 valence electrons. The van der Waals surface area contributed by atoms with Crippen LogP contribution in [0.1, 0.15) is 18.9 Å². The Kier molecular flexibility index (Phi) is 6.68. The SMILES string of the molecule is Nc1ncnc2c1ncn2[C@@H]1O[C@@H]2CNS(=O)(=O)O[C@H]3C[C@H](n4cnc5cncnc54)O[C@@H]3COP(=O)(O)O[C@H]2[C@H]1F. The highest BCUT2D eigenvalue weighted by Crippen LogP contribution is 2.50. The van der Waals surface area contributed by atoms with E-state index < -0.39 is 74.3 Å². The van der Waals surface area contributed by atoms with E-state index in [1.807, 2.05) is 0 Å². The average molecular weight is 628 g/mol. The minimum Gasteiger partial charge on any atom is -0.382 e. The van der Waals surface area contributed by atoms with Crippen LogP contribution < -0.4 is 10.5 Å². The first-order valence-electron chi connectivity index (χ1n) is 12.4. The Hall–Kier alpha value is -3.27. The molecule has 4 aromatic heterocycles. The summed E-state index contributed by atoms with van der Waals surface area (Å²) in [5.74, 6) is 0.0394. The van der Waals surface area contributed by atoms with E-state index in [4.69, 9.17) is 28.4 Å². The third kappa shape index (κ3) is 4.91. The number of nitrogens with two attached hydrogens (primary N) is 1. The molecule has 22 heteroatoms. The minimum atomic E-state index is -4.95. The van der Waals surface area contributed by atoms with E-state index in [-0.39, 0.29) is 23.4 Å². The lowest BCUT2D eigenvalue weighted by atomic mass is 10.1. The van der Waals surface area contributed by atoms with Crippen molar-refractivity contribution in [1.82, 2.24) is 43.8 Å². The van der Waals surface area contributed by atoms with Crippen molar-refractivity contribution in [3.8, 4) is 0 Å². The Morgan fingerprint density at radius 2 is 1.86 bits per heavy atom. The number of anilines is 1. The van der Waals surface area contributed by atoms with Crippen molar-refractivity contribution >= 4 is 46.3 Å². The Morgan fingerprint density at radius 3 is 2.71 bits per heavy atom. The predicted molar refractivity (Wildman–Crippen MR) is 135 cm³/mol. The number of alkyl halides is 1. The highest BCUT2D eigenvalue weighted by atomic mass is 32.2. The maximum Gasteiger partial charge on any atom is 0.472 e. The Morgan fingerprint density at radius 1 is 1.05 bits per heavy atom. The van der Waals surface area contributed by atoms with Crippen LogP contribution in [-0.2, 0) is 37.6 Å². The van der Waals surface area contributed by atoms with E-state index in [1.165, 1.54) is 29.7 Å². The number of phosphoric ester groups is 1. The van der Waals surface area contributed by atoms with Gasteiger partial charge in [0.05, 0.1) is 25.5 Å². The molecular weight excluding hydrogens is 606 g/mol. The number of rotatable bonds is 2. The van der Waals surface area contributed by atoms with Crippen LogP contribution in [0.2, 0.25) is 0 Å². The van der Waals surface area contributed by atoms with Gasteiger partial charge in [-0.1, -0.05) is 0 Å². The van der Waals surface area contributed by atoms with Crippen LogP contribution in [0.3, 0.4) is 0 Å². The Labute approximate surface area is 235 Å². The number of phosphoric acid groups is 1. The maximum atomic E-state index is 15.8. The molecule has 0 spiro atoms. The number of nitrogens with one attached hydrogen (secondary N) is 1. The lowest BCUT2D eigenvalue weighted by Gasteiger charge is -2.25. The standard InChI is InChI=1S/C20H22FN10O9PS/c21-14-16-11(38-20(14)31-8-28-15-17(22)24-6-26-19(15)31)3-29-42(34,35)40-10-1-13(37-12(10)4-36-41(32,33)39-16)30-7-27-9-2-23-5-25-18(9)30/h2,5-8,10-14,16,20,29H,1,3-4H2,(H,32,33)(H2,22,24,26)/t10-,11+,12+,13+,14+,16+,20+/m0/s1. The molecule has 3 saturated heterocycles. The van der Waals surface area contributed by atoms with Gasteiger partial charge in [0.1, 0.15) is 54.3 Å². The number of hydrogen-bond acceptors (Lipinski definition) is 15. The fourth-order valence-electron chi connectivity index (χ4n) is 5.12. The first kappa shape index (κ1) is 27.6. The normalized spacial score (nSPS) is 35.4. The molecule has 19 nitrogen and oxygen atoms in total. The van der Waals surface area contributed by atoms with Crippen LogP contribution in [0.4, 0.5) is 10.2 Å². The summed E-state index contributed by atoms with van der Waals surface area (Å²) in [6.07, 6.45) is -3.29. The van der Waals surface area contributed by atoms with E-state index in [2.05, 4.69) is 34.6 Å². The third-order valence-corrected chi connectivity index (χ3v) is 9.03. The molecule has 4 aromatic rings. The molecule has 0 radical (unpaired) electrons. The fraction of sp³-hybridized carbons (Fsp3) is 0.500. The molecule has 4 N–H and O–H groups in total. The van der Waals surface area contributed by atoms with Crippen molar-refractivity contribution < 1.29 is 45.0 Å². The molecule has 0 amide bonds. The fourth-order valence-corrected chi connectivity index (χ4v) is 7.04. The van der Waals surface area contributed by atoms with Crippen molar-refractivity contribution in [3.05, 3.63) is 31.5 Å². The zero-order chi connectivity index (χ0) is 29.2. The molecule has 42 heavy (non-hydrogen) atoms. The van der Waals surface area contributed by atoms with E-state index in [9.17, 15) is 17.9 Å². The van der Waals surface area contributed by atoms with Gasteiger partial charge in [-0.15, -0.1) is 0 Å². The monoisotopic (exact) mass is 628 g/mol. The van der Waals surface area contributed by atoms with Crippen molar-refractivity contribution in [1.29, 1.82) is 0 Å². The minimum absolute atomic E-state index is 0.0170. The molecule has 0 aromatic carbocycles. The summed E-state index contributed by atoms with van der Waals surface area (Å²) in [5.41, 5.74) is 6.99. The molecule has 0 saturated carbocycles. The van der Waals surface area contributed by atoms with Gasteiger partial charge in [-0.25, -0.2) is 38.9 Å². The van der Waals surface area contributed by atoms with E-state index in [0.717, 1.165) is 6.33 Å². The number of imidazole rings is 2. The topological polar surface area (TPSA) is 243 Å². The highest BCUT2D eigenvalue weighted by molar-refractivity contribution is 7.84. The van der Waals surface area contributed by atoms with Gasteiger partial charge < -0.3 is 20.1 Å². The van der Waals surface area contributed by atoms with E-state index in [0.29, 0.717) is 11.2 Å². The first-order valence-corrected chi connectivity index (χ1v) is 15.3. The van der Waals surface area contributed by atoms with Crippen LogP contribution in [0, 0.1) is 0 Å². The first-order chi connectivity index (χ1) is 20.1. The molecule has 8 atom stereocenters. The lowest BCUT2D eigenvalue weighted by molar-refractivity contribution is -0.0469. The summed E-state index contributed by atoms with van der Waals surface area (Å²) in [7, 11) is -9.43.